The van der Waals surface area contributed by atoms with Crippen LogP contribution in [0, 0.1) is 0 Å². The van der Waals surface area contributed by atoms with Crippen molar-refractivity contribution in [2.45, 2.75) is 58.3 Å². The Morgan fingerprint density at radius 2 is 1.29 bits per heavy atom. The molecule has 0 atom stereocenters. The van der Waals surface area contributed by atoms with Crippen LogP contribution in [0.1, 0.15) is 58.3 Å². The van der Waals surface area contributed by atoms with Gasteiger partial charge in [-0.3, -0.25) is 4.79 Å². The molecule has 0 bridgehead atoms. The van der Waals surface area contributed by atoms with E-state index < -0.39 is 12.2 Å². The zero-order valence-corrected chi connectivity index (χ0v) is 14.6. The van der Waals surface area contributed by atoms with Crippen molar-refractivity contribution in [1.82, 2.24) is 15.5 Å². The number of nitrogens with zero attached hydrogens (tertiary/aromatic N) is 1. The minimum absolute atomic E-state index is 0.0529. The van der Waals surface area contributed by atoms with Gasteiger partial charge < -0.3 is 25.7 Å². The van der Waals surface area contributed by atoms with Gasteiger partial charge in [0.15, 0.2) is 0 Å². The van der Waals surface area contributed by atoms with Gasteiger partial charge in [0.05, 0.1) is 0 Å². The predicted octanol–water partition coefficient (Wildman–Crippen LogP) is 2.49. The molecular formula is C16H31N3O5. The second-order valence-corrected chi connectivity index (χ2v) is 5.72. The lowest BCUT2D eigenvalue weighted by atomic mass is 10.1. The summed E-state index contributed by atoms with van der Waals surface area (Å²) in [5, 5.41) is 21.6. The van der Waals surface area contributed by atoms with Gasteiger partial charge in [-0.15, -0.1) is 0 Å². The van der Waals surface area contributed by atoms with Crippen LogP contribution >= 0.6 is 0 Å². The van der Waals surface area contributed by atoms with E-state index in [0.29, 0.717) is 45.4 Å². The number of hydrogen-bond donors (Lipinski definition) is 4. The number of hydrogen-bond acceptors (Lipinski definition) is 3. The molecule has 0 aromatic heterocycles. The van der Waals surface area contributed by atoms with Gasteiger partial charge in [-0.05, 0) is 19.3 Å². The van der Waals surface area contributed by atoms with Crippen LogP contribution in [0.15, 0.2) is 0 Å². The maximum atomic E-state index is 12.3. The monoisotopic (exact) mass is 345 g/mol. The molecule has 0 saturated heterocycles. The van der Waals surface area contributed by atoms with Gasteiger partial charge >= 0.3 is 12.2 Å². The molecule has 0 aliphatic rings. The summed E-state index contributed by atoms with van der Waals surface area (Å²) in [6.07, 6.45) is 4.79. The Morgan fingerprint density at radius 3 is 1.75 bits per heavy atom. The molecule has 0 fully saturated rings. The fourth-order valence-corrected chi connectivity index (χ4v) is 2.33. The number of nitrogens with one attached hydrogen (secondary N) is 2. The molecule has 0 aliphatic carbocycles. The highest BCUT2D eigenvalue weighted by molar-refractivity contribution is 5.76. The van der Waals surface area contributed by atoms with E-state index in [1.165, 1.54) is 6.42 Å². The molecule has 0 radical (unpaired) electrons. The molecule has 8 nitrogen and oxygen atoms in total. The Balaban J connectivity index is 4.14. The molecule has 4 N–H and O–H groups in total. The van der Waals surface area contributed by atoms with Crippen molar-refractivity contribution in [1.29, 1.82) is 0 Å². The van der Waals surface area contributed by atoms with Crippen molar-refractivity contribution in [3.8, 4) is 0 Å². The van der Waals surface area contributed by atoms with E-state index in [2.05, 4.69) is 17.6 Å². The summed E-state index contributed by atoms with van der Waals surface area (Å²) in [6.45, 7) is 3.68. The largest absolute Gasteiger partial charge is 0.465 e. The zero-order chi connectivity index (χ0) is 18.2. The molecule has 140 valence electrons. The second kappa shape index (κ2) is 14.6. The number of carboxylic acid groups (broad SMARTS) is 2. The third-order valence-corrected chi connectivity index (χ3v) is 3.61. The van der Waals surface area contributed by atoms with Crippen molar-refractivity contribution in [2.75, 3.05) is 26.2 Å². The van der Waals surface area contributed by atoms with E-state index >= 15 is 0 Å². The van der Waals surface area contributed by atoms with Crippen LogP contribution in [0.3, 0.4) is 0 Å². The molecule has 24 heavy (non-hydrogen) atoms. The second-order valence-electron chi connectivity index (χ2n) is 5.72. The van der Waals surface area contributed by atoms with Crippen LogP contribution in [-0.4, -0.2) is 59.4 Å². The Kier molecular flexibility index (Phi) is 13.4. The van der Waals surface area contributed by atoms with E-state index in [-0.39, 0.29) is 5.91 Å². The summed E-state index contributed by atoms with van der Waals surface area (Å²) < 4.78 is 0. The summed E-state index contributed by atoms with van der Waals surface area (Å²) in [5.74, 6) is 0.0529. The molecule has 0 aliphatic heterocycles. The van der Waals surface area contributed by atoms with Gasteiger partial charge in [0.1, 0.15) is 0 Å². The smallest absolute Gasteiger partial charge is 0.404 e. The first-order valence-corrected chi connectivity index (χ1v) is 8.68. The number of carbonyl (C=O) groups is 3. The fourth-order valence-electron chi connectivity index (χ4n) is 2.33. The van der Waals surface area contributed by atoms with Gasteiger partial charge in [0.25, 0.3) is 0 Å². The lowest BCUT2D eigenvalue weighted by molar-refractivity contribution is -0.131. The molecule has 0 saturated carbocycles. The molecule has 0 spiro atoms. The van der Waals surface area contributed by atoms with Gasteiger partial charge in [-0.2, -0.15) is 0 Å². The van der Waals surface area contributed by atoms with Crippen LogP contribution in [0.5, 0.6) is 0 Å². The first kappa shape index (κ1) is 22.0. The Labute approximate surface area is 143 Å². The minimum atomic E-state index is -1.07. The van der Waals surface area contributed by atoms with Crippen molar-refractivity contribution in [3.63, 3.8) is 0 Å². The van der Waals surface area contributed by atoms with E-state index in [4.69, 9.17) is 10.2 Å². The van der Waals surface area contributed by atoms with Crippen LogP contribution in [-0.2, 0) is 4.79 Å². The number of unbranched alkanes of at least 4 members (excludes halogenated alkanes) is 4. The van der Waals surface area contributed by atoms with E-state index in [0.717, 1.165) is 25.7 Å². The Morgan fingerprint density at radius 1 is 0.792 bits per heavy atom. The fraction of sp³-hybridized carbons (Fsp3) is 0.812. The highest BCUT2D eigenvalue weighted by atomic mass is 16.4. The summed E-state index contributed by atoms with van der Waals surface area (Å²) in [5.41, 5.74) is 0. The Bertz CT molecular complexity index is 355. The topological polar surface area (TPSA) is 119 Å². The number of carbonyl (C=O) groups excluding carboxylic acids is 1. The lowest BCUT2D eigenvalue weighted by Crippen LogP contribution is -2.36. The summed E-state index contributed by atoms with van der Waals surface area (Å²) in [4.78, 5) is 34.8. The summed E-state index contributed by atoms with van der Waals surface area (Å²) in [6, 6.07) is 0. The van der Waals surface area contributed by atoms with Crippen molar-refractivity contribution >= 4 is 18.1 Å². The van der Waals surface area contributed by atoms with Crippen molar-refractivity contribution in [3.05, 3.63) is 0 Å². The van der Waals surface area contributed by atoms with E-state index in [1.807, 2.05) is 0 Å². The molecule has 0 aromatic carbocycles. The highest BCUT2D eigenvalue weighted by Gasteiger charge is 2.13. The van der Waals surface area contributed by atoms with Gasteiger partial charge in [-0.25, -0.2) is 9.59 Å². The minimum Gasteiger partial charge on any atom is -0.465 e. The van der Waals surface area contributed by atoms with E-state index in [9.17, 15) is 14.4 Å². The maximum absolute atomic E-state index is 12.3. The van der Waals surface area contributed by atoms with Crippen LogP contribution in [0.4, 0.5) is 9.59 Å². The predicted molar refractivity (Wildman–Crippen MR) is 91.2 cm³/mol. The van der Waals surface area contributed by atoms with Crippen molar-refractivity contribution in [2.24, 2.45) is 0 Å². The quantitative estimate of drug-likeness (QED) is 0.361. The third-order valence-electron chi connectivity index (χ3n) is 3.61. The SMILES string of the molecule is CCCCCCCC(=O)N(CCCNC(=O)O)CCCNC(=O)O. The maximum Gasteiger partial charge on any atom is 0.404 e. The van der Waals surface area contributed by atoms with Crippen LogP contribution in [0.2, 0.25) is 0 Å². The average Bonchev–Trinajstić information content (AvgIpc) is 2.52. The number of amides is 3. The highest BCUT2D eigenvalue weighted by Crippen LogP contribution is 2.08. The Hall–Kier alpha value is -1.99. The molecule has 0 unspecified atom stereocenters. The summed E-state index contributed by atoms with van der Waals surface area (Å²) in [7, 11) is 0. The normalized spacial score (nSPS) is 10.2. The van der Waals surface area contributed by atoms with Gasteiger partial charge in [-0.1, -0.05) is 32.6 Å². The van der Waals surface area contributed by atoms with Crippen LogP contribution in [0.25, 0.3) is 0 Å². The molecule has 3 amide bonds. The lowest BCUT2D eigenvalue weighted by Gasteiger charge is -2.23. The molecule has 0 heterocycles. The van der Waals surface area contributed by atoms with E-state index in [1.54, 1.807) is 4.90 Å². The molecule has 0 aromatic rings. The summed E-state index contributed by atoms with van der Waals surface area (Å²) >= 11 is 0. The van der Waals surface area contributed by atoms with Crippen molar-refractivity contribution < 1.29 is 24.6 Å². The van der Waals surface area contributed by atoms with Gasteiger partial charge in [0, 0.05) is 32.6 Å². The number of rotatable bonds is 14. The van der Waals surface area contributed by atoms with Crippen LogP contribution < -0.4 is 10.6 Å². The first-order valence-electron chi connectivity index (χ1n) is 8.68. The third kappa shape index (κ3) is 13.7. The molecule has 0 rings (SSSR count). The molecule has 8 heteroatoms. The van der Waals surface area contributed by atoms with Gasteiger partial charge in [0.2, 0.25) is 5.91 Å². The first-order chi connectivity index (χ1) is 11.5. The standard InChI is InChI=1S/C16H31N3O5/c1-2-3-4-5-6-9-14(20)19(12-7-10-17-15(21)22)13-8-11-18-16(23)24/h17-18H,2-13H2,1H3,(H,21,22)(H,23,24). The average molecular weight is 345 g/mol. The molecular weight excluding hydrogens is 314 g/mol. The zero-order valence-electron chi connectivity index (χ0n) is 14.6.